The van der Waals surface area contributed by atoms with Gasteiger partial charge in [-0.25, -0.2) is 9.18 Å². The Kier molecular flexibility index (Phi) is 4.03. The molecule has 4 heteroatoms. The highest BCUT2D eigenvalue weighted by Gasteiger charge is 2.09. The van der Waals surface area contributed by atoms with Crippen LogP contribution in [0.3, 0.4) is 0 Å². The van der Waals surface area contributed by atoms with Crippen molar-refractivity contribution >= 4 is 11.7 Å². The first-order valence-corrected chi connectivity index (χ1v) is 6.33. The molecule has 0 fully saturated rings. The minimum atomic E-state index is -0.939. The largest absolute Gasteiger partial charge is 0.478 e. The van der Waals surface area contributed by atoms with Crippen molar-refractivity contribution in [2.75, 3.05) is 5.32 Å². The SMILES string of the molecule is Cc1cc(C(=O)O)ccc1NC(C)c1ccc(F)cc1. The summed E-state index contributed by atoms with van der Waals surface area (Å²) in [6.07, 6.45) is 0. The molecule has 0 saturated heterocycles. The molecule has 0 aliphatic heterocycles. The van der Waals surface area contributed by atoms with Crippen LogP contribution in [0, 0.1) is 12.7 Å². The number of halogens is 1. The van der Waals surface area contributed by atoms with Gasteiger partial charge >= 0.3 is 5.97 Å². The average Bonchev–Trinajstić information content (AvgIpc) is 2.41. The molecule has 0 spiro atoms. The number of carboxylic acids is 1. The summed E-state index contributed by atoms with van der Waals surface area (Å²) in [4.78, 5) is 10.9. The third-order valence-corrected chi connectivity index (χ3v) is 3.22. The molecule has 0 radical (unpaired) electrons. The van der Waals surface area contributed by atoms with E-state index in [1.165, 1.54) is 12.1 Å². The van der Waals surface area contributed by atoms with Gasteiger partial charge in [0.05, 0.1) is 5.56 Å². The Bertz CT molecular complexity index is 623. The number of benzene rings is 2. The number of carbonyl (C=O) groups is 1. The third-order valence-electron chi connectivity index (χ3n) is 3.22. The maximum atomic E-state index is 12.9. The van der Waals surface area contributed by atoms with E-state index in [9.17, 15) is 9.18 Å². The van der Waals surface area contributed by atoms with Crippen LogP contribution in [0.4, 0.5) is 10.1 Å². The van der Waals surface area contributed by atoms with Crippen molar-refractivity contribution in [3.8, 4) is 0 Å². The zero-order chi connectivity index (χ0) is 14.7. The fourth-order valence-electron chi connectivity index (χ4n) is 2.03. The maximum Gasteiger partial charge on any atom is 0.335 e. The molecule has 1 unspecified atom stereocenters. The topological polar surface area (TPSA) is 49.3 Å². The van der Waals surface area contributed by atoms with E-state index < -0.39 is 5.97 Å². The van der Waals surface area contributed by atoms with E-state index in [2.05, 4.69) is 5.32 Å². The van der Waals surface area contributed by atoms with Gasteiger partial charge < -0.3 is 10.4 Å². The number of hydrogen-bond acceptors (Lipinski definition) is 2. The molecule has 1 atom stereocenters. The van der Waals surface area contributed by atoms with Crippen molar-refractivity contribution in [2.45, 2.75) is 19.9 Å². The Morgan fingerprint density at radius 2 is 1.85 bits per heavy atom. The Morgan fingerprint density at radius 3 is 2.40 bits per heavy atom. The molecule has 2 rings (SSSR count). The molecule has 0 bridgehead atoms. The van der Waals surface area contributed by atoms with Crippen LogP contribution in [0.2, 0.25) is 0 Å². The van der Waals surface area contributed by atoms with Gasteiger partial charge in [-0.15, -0.1) is 0 Å². The monoisotopic (exact) mass is 273 g/mol. The molecule has 2 aromatic rings. The minimum Gasteiger partial charge on any atom is -0.478 e. The zero-order valence-corrected chi connectivity index (χ0v) is 11.4. The molecule has 2 aromatic carbocycles. The number of aromatic carboxylic acids is 1. The molecule has 0 aromatic heterocycles. The molecular formula is C16H16FNO2. The second-order valence-corrected chi connectivity index (χ2v) is 4.75. The first kappa shape index (κ1) is 14.1. The van der Waals surface area contributed by atoms with Crippen molar-refractivity contribution < 1.29 is 14.3 Å². The summed E-state index contributed by atoms with van der Waals surface area (Å²) in [6, 6.07) is 11.3. The summed E-state index contributed by atoms with van der Waals surface area (Å²) in [5.41, 5.74) is 2.96. The molecule has 2 N–H and O–H groups in total. The van der Waals surface area contributed by atoms with Crippen LogP contribution in [0.5, 0.6) is 0 Å². The Balaban J connectivity index is 2.17. The van der Waals surface area contributed by atoms with Crippen LogP contribution in [-0.2, 0) is 0 Å². The summed E-state index contributed by atoms with van der Waals surface area (Å²) in [5, 5.41) is 12.2. The van der Waals surface area contributed by atoms with E-state index in [0.717, 1.165) is 16.8 Å². The van der Waals surface area contributed by atoms with Crippen LogP contribution in [0.25, 0.3) is 0 Å². The highest BCUT2D eigenvalue weighted by Crippen LogP contribution is 2.23. The second-order valence-electron chi connectivity index (χ2n) is 4.75. The smallest absolute Gasteiger partial charge is 0.335 e. The van der Waals surface area contributed by atoms with Gasteiger partial charge in [-0.2, -0.15) is 0 Å². The van der Waals surface area contributed by atoms with Gasteiger partial charge in [0.2, 0.25) is 0 Å². The van der Waals surface area contributed by atoms with Gasteiger partial charge in [-0.05, 0) is 55.3 Å². The molecule has 3 nitrogen and oxygen atoms in total. The van der Waals surface area contributed by atoms with Crippen molar-refractivity contribution in [2.24, 2.45) is 0 Å². The molecule has 0 heterocycles. The molecular weight excluding hydrogens is 257 g/mol. The van der Waals surface area contributed by atoms with E-state index in [1.54, 1.807) is 30.3 Å². The Labute approximate surface area is 117 Å². The van der Waals surface area contributed by atoms with Gasteiger partial charge in [0.15, 0.2) is 0 Å². The van der Waals surface area contributed by atoms with Gasteiger partial charge in [-0.3, -0.25) is 0 Å². The normalized spacial score (nSPS) is 11.9. The third kappa shape index (κ3) is 3.15. The van der Waals surface area contributed by atoms with Crippen molar-refractivity contribution in [1.82, 2.24) is 0 Å². The highest BCUT2D eigenvalue weighted by atomic mass is 19.1. The zero-order valence-electron chi connectivity index (χ0n) is 11.4. The average molecular weight is 273 g/mol. The van der Waals surface area contributed by atoms with Crippen LogP contribution in [0.15, 0.2) is 42.5 Å². The summed E-state index contributed by atoms with van der Waals surface area (Å²) < 4.78 is 12.9. The van der Waals surface area contributed by atoms with Crippen LogP contribution in [0.1, 0.15) is 34.5 Å². The second kappa shape index (κ2) is 5.74. The molecule has 0 saturated carbocycles. The number of anilines is 1. The van der Waals surface area contributed by atoms with E-state index >= 15 is 0 Å². The fraction of sp³-hybridized carbons (Fsp3) is 0.188. The standard InChI is InChI=1S/C16H16FNO2/c1-10-9-13(16(19)20)5-8-15(10)18-11(2)12-3-6-14(17)7-4-12/h3-9,11,18H,1-2H3,(H,19,20). The van der Waals surface area contributed by atoms with Gasteiger partial charge in [-0.1, -0.05) is 12.1 Å². The Hall–Kier alpha value is -2.36. The summed E-state index contributed by atoms with van der Waals surface area (Å²) >= 11 is 0. The van der Waals surface area contributed by atoms with E-state index in [-0.39, 0.29) is 17.4 Å². The quantitative estimate of drug-likeness (QED) is 0.885. The van der Waals surface area contributed by atoms with Crippen molar-refractivity contribution in [3.05, 3.63) is 65.0 Å². The highest BCUT2D eigenvalue weighted by molar-refractivity contribution is 5.88. The summed E-state index contributed by atoms with van der Waals surface area (Å²) in [6.45, 7) is 3.82. The lowest BCUT2D eigenvalue weighted by Gasteiger charge is -2.17. The molecule has 0 aliphatic rings. The van der Waals surface area contributed by atoms with Crippen LogP contribution in [-0.4, -0.2) is 11.1 Å². The van der Waals surface area contributed by atoms with Crippen LogP contribution < -0.4 is 5.32 Å². The summed E-state index contributed by atoms with van der Waals surface area (Å²) in [7, 11) is 0. The summed E-state index contributed by atoms with van der Waals surface area (Å²) in [5.74, 6) is -1.20. The predicted octanol–water partition coefficient (Wildman–Crippen LogP) is 4.01. The Morgan fingerprint density at radius 1 is 1.20 bits per heavy atom. The van der Waals surface area contributed by atoms with Gasteiger partial charge in [0, 0.05) is 11.7 Å². The van der Waals surface area contributed by atoms with Crippen LogP contribution >= 0.6 is 0 Å². The number of carboxylic acid groups (broad SMARTS) is 1. The first-order chi connectivity index (χ1) is 9.47. The van der Waals surface area contributed by atoms with Gasteiger partial charge in [0.1, 0.15) is 5.82 Å². The van der Waals surface area contributed by atoms with E-state index in [1.807, 2.05) is 13.8 Å². The van der Waals surface area contributed by atoms with Crippen molar-refractivity contribution in [1.29, 1.82) is 0 Å². The molecule has 20 heavy (non-hydrogen) atoms. The first-order valence-electron chi connectivity index (χ1n) is 6.33. The number of nitrogens with one attached hydrogen (secondary N) is 1. The number of aryl methyl sites for hydroxylation is 1. The van der Waals surface area contributed by atoms with E-state index in [0.29, 0.717) is 0 Å². The van der Waals surface area contributed by atoms with E-state index in [4.69, 9.17) is 5.11 Å². The number of rotatable bonds is 4. The lowest BCUT2D eigenvalue weighted by atomic mass is 10.1. The lowest BCUT2D eigenvalue weighted by molar-refractivity contribution is 0.0697. The predicted molar refractivity (Wildman–Crippen MR) is 76.6 cm³/mol. The number of hydrogen-bond donors (Lipinski definition) is 2. The molecule has 104 valence electrons. The minimum absolute atomic E-state index is 0.00461. The maximum absolute atomic E-state index is 12.9. The molecule has 0 aliphatic carbocycles. The van der Waals surface area contributed by atoms with Gasteiger partial charge in [0.25, 0.3) is 0 Å². The molecule has 0 amide bonds. The lowest BCUT2D eigenvalue weighted by Crippen LogP contribution is -2.08. The van der Waals surface area contributed by atoms with Crippen molar-refractivity contribution in [3.63, 3.8) is 0 Å². The fourth-order valence-corrected chi connectivity index (χ4v) is 2.03.